The number of carbonyl (C=O) groups excluding carboxylic acids is 1. The number of H-pyrrole nitrogens is 1. The number of aromatic nitrogens is 2. The van der Waals surface area contributed by atoms with Crippen molar-refractivity contribution in [3.8, 4) is 0 Å². The fraction of sp³-hybridized carbons (Fsp3) is 0.773. The minimum atomic E-state index is 0.0482. The normalized spacial score (nSPS) is 26.9. The van der Waals surface area contributed by atoms with Gasteiger partial charge in [0.15, 0.2) is 0 Å². The molecular formula is C22H32N4O2. The van der Waals surface area contributed by atoms with Crippen LogP contribution in [0.4, 0.5) is 0 Å². The molecule has 3 fully saturated rings. The van der Waals surface area contributed by atoms with Crippen molar-refractivity contribution in [2.75, 3.05) is 19.6 Å². The molecule has 0 bridgehead atoms. The molecule has 152 valence electrons. The van der Waals surface area contributed by atoms with E-state index in [-0.39, 0.29) is 17.4 Å². The van der Waals surface area contributed by atoms with Gasteiger partial charge in [-0.1, -0.05) is 25.7 Å². The van der Waals surface area contributed by atoms with Gasteiger partial charge >= 0.3 is 0 Å². The molecule has 2 aliphatic carbocycles. The van der Waals surface area contributed by atoms with E-state index >= 15 is 0 Å². The molecule has 28 heavy (non-hydrogen) atoms. The number of rotatable bonds is 3. The van der Waals surface area contributed by atoms with E-state index in [1.165, 1.54) is 38.5 Å². The number of nitrogens with zero attached hydrogens (tertiary/aromatic N) is 3. The second-order valence-electron chi connectivity index (χ2n) is 9.29. The van der Waals surface area contributed by atoms with Gasteiger partial charge in [0.05, 0.1) is 5.69 Å². The van der Waals surface area contributed by atoms with Crippen LogP contribution < -0.4 is 5.56 Å². The summed E-state index contributed by atoms with van der Waals surface area (Å²) < 4.78 is 0. The van der Waals surface area contributed by atoms with Gasteiger partial charge in [-0.3, -0.25) is 14.5 Å². The summed E-state index contributed by atoms with van der Waals surface area (Å²) in [5, 5.41) is 0. The average molecular weight is 385 g/mol. The fourth-order valence-corrected chi connectivity index (χ4v) is 5.53. The highest BCUT2D eigenvalue weighted by Gasteiger charge is 2.35. The predicted octanol–water partition coefficient (Wildman–Crippen LogP) is 2.58. The lowest BCUT2D eigenvalue weighted by molar-refractivity contribution is -0.137. The van der Waals surface area contributed by atoms with Gasteiger partial charge < -0.3 is 9.88 Å². The molecule has 1 aromatic heterocycles. The van der Waals surface area contributed by atoms with E-state index in [4.69, 9.17) is 4.98 Å². The van der Waals surface area contributed by atoms with Crippen LogP contribution in [0.1, 0.15) is 80.8 Å². The molecule has 1 unspecified atom stereocenters. The summed E-state index contributed by atoms with van der Waals surface area (Å²) in [6.45, 7) is 3.31. The Morgan fingerprint density at radius 1 is 1.00 bits per heavy atom. The van der Waals surface area contributed by atoms with Gasteiger partial charge in [0.2, 0.25) is 5.91 Å². The molecular weight excluding hydrogens is 352 g/mol. The standard InChI is InChI=1S/C22H32N4O2/c27-21-18-10-12-25(17-7-2-1-3-8-17)14-19(18)23-20(24-21)16-9-11-26(13-16)22(28)15-5-4-6-15/h15-17H,1-14H2,(H,23,24,27). The summed E-state index contributed by atoms with van der Waals surface area (Å²) in [4.78, 5) is 37.8. The van der Waals surface area contributed by atoms with Crippen LogP contribution in [0, 0.1) is 5.92 Å². The molecule has 0 radical (unpaired) electrons. The lowest BCUT2D eigenvalue weighted by Crippen LogP contribution is -2.42. The van der Waals surface area contributed by atoms with Crippen LogP contribution in [0.5, 0.6) is 0 Å². The summed E-state index contributed by atoms with van der Waals surface area (Å²) in [5.74, 6) is 1.54. The number of amides is 1. The summed E-state index contributed by atoms with van der Waals surface area (Å²) in [6, 6.07) is 0.661. The van der Waals surface area contributed by atoms with Crippen LogP contribution in [0.2, 0.25) is 0 Å². The van der Waals surface area contributed by atoms with Crippen LogP contribution in [0.25, 0.3) is 0 Å². The van der Waals surface area contributed by atoms with Crippen molar-refractivity contribution in [2.24, 2.45) is 5.92 Å². The highest BCUT2D eigenvalue weighted by atomic mass is 16.2. The Morgan fingerprint density at radius 2 is 1.82 bits per heavy atom. The highest BCUT2D eigenvalue weighted by molar-refractivity contribution is 5.80. The molecule has 5 rings (SSSR count). The molecule has 0 aromatic carbocycles. The maximum absolute atomic E-state index is 12.7. The van der Waals surface area contributed by atoms with E-state index < -0.39 is 0 Å². The number of hydrogen-bond donors (Lipinski definition) is 1. The Kier molecular flexibility index (Phi) is 4.99. The topological polar surface area (TPSA) is 69.3 Å². The van der Waals surface area contributed by atoms with Gasteiger partial charge in [-0.15, -0.1) is 0 Å². The number of carbonyl (C=O) groups is 1. The van der Waals surface area contributed by atoms with E-state index in [9.17, 15) is 9.59 Å². The Labute approximate surface area is 166 Å². The van der Waals surface area contributed by atoms with Gasteiger partial charge in [-0.25, -0.2) is 4.98 Å². The summed E-state index contributed by atoms with van der Waals surface area (Å²) in [5.41, 5.74) is 1.92. The Hall–Kier alpha value is -1.69. The third-order valence-corrected chi connectivity index (χ3v) is 7.55. The molecule has 2 saturated carbocycles. The van der Waals surface area contributed by atoms with Crippen LogP contribution in [0.15, 0.2) is 4.79 Å². The summed E-state index contributed by atoms with van der Waals surface area (Å²) in [7, 11) is 0. The van der Waals surface area contributed by atoms with Crippen LogP contribution in [-0.2, 0) is 17.8 Å². The highest BCUT2D eigenvalue weighted by Crippen LogP contribution is 2.33. The Balaban J connectivity index is 1.31. The van der Waals surface area contributed by atoms with Gasteiger partial charge in [-0.05, 0) is 38.5 Å². The molecule has 4 aliphatic rings. The van der Waals surface area contributed by atoms with E-state index in [1.54, 1.807) is 0 Å². The van der Waals surface area contributed by atoms with Gasteiger partial charge in [0.1, 0.15) is 5.82 Å². The van der Waals surface area contributed by atoms with Gasteiger partial charge in [0, 0.05) is 49.6 Å². The van der Waals surface area contributed by atoms with E-state index in [2.05, 4.69) is 9.88 Å². The molecule has 6 heteroatoms. The Morgan fingerprint density at radius 3 is 2.57 bits per heavy atom. The maximum Gasteiger partial charge on any atom is 0.254 e. The van der Waals surface area contributed by atoms with E-state index in [0.29, 0.717) is 18.5 Å². The number of nitrogens with one attached hydrogen (secondary N) is 1. The third-order valence-electron chi connectivity index (χ3n) is 7.55. The van der Waals surface area contributed by atoms with E-state index in [0.717, 1.165) is 62.4 Å². The van der Waals surface area contributed by atoms with Crippen molar-refractivity contribution >= 4 is 5.91 Å². The van der Waals surface area contributed by atoms with Crippen molar-refractivity contribution in [1.82, 2.24) is 19.8 Å². The van der Waals surface area contributed by atoms with Gasteiger partial charge in [-0.2, -0.15) is 0 Å². The molecule has 1 atom stereocenters. The van der Waals surface area contributed by atoms with Gasteiger partial charge in [0.25, 0.3) is 5.56 Å². The predicted molar refractivity (Wildman–Crippen MR) is 107 cm³/mol. The largest absolute Gasteiger partial charge is 0.342 e. The third kappa shape index (κ3) is 3.40. The zero-order valence-corrected chi connectivity index (χ0v) is 16.8. The number of likely N-dealkylation sites (tertiary alicyclic amines) is 1. The molecule has 3 heterocycles. The summed E-state index contributed by atoms with van der Waals surface area (Å²) >= 11 is 0. The second kappa shape index (κ2) is 7.62. The minimum absolute atomic E-state index is 0.0482. The quantitative estimate of drug-likeness (QED) is 0.870. The SMILES string of the molecule is O=C(C1CCC1)N1CCC(c2nc3c(c(=O)[nH]2)CCN(C2CCCCC2)C3)C1. The first-order valence-electron chi connectivity index (χ1n) is 11.3. The molecule has 1 saturated heterocycles. The Bertz CT molecular complexity index is 794. The smallest absolute Gasteiger partial charge is 0.254 e. The van der Waals surface area contributed by atoms with Crippen molar-refractivity contribution in [2.45, 2.75) is 82.7 Å². The van der Waals surface area contributed by atoms with Crippen molar-refractivity contribution in [3.05, 3.63) is 27.4 Å². The molecule has 1 amide bonds. The fourth-order valence-electron chi connectivity index (χ4n) is 5.53. The summed E-state index contributed by atoms with van der Waals surface area (Å²) in [6.07, 6.45) is 11.6. The lowest BCUT2D eigenvalue weighted by Gasteiger charge is -2.37. The number of aromatic amines is 1. The maximum atomic E-state index is 12.7. The van der Waals surface area contributed by atoms with Crippen molar-refractivity contribution < 1.29 is 4.79 Å². The van der Waals surface area contributed by atoms with Crippen LogP contribution in [-0.4, -0.2) is 51.4 Å². The van der Waals surface area contributed by atoms with Crippen LogP contribution >= 0.6 is 0 Å². The first-order valence-corrected chi connectivity index (χ1v) is 11.3. The second-order valence-corrected chi connectivity index (χ2v) is 9.29. The zero-order valence-electron chi connectivity index (χ0n) is 16.8. The molecule has 1 aromatic rings. The number of hydrogen-bond acceptors (Lipinski definition) is 4. The minimum Gasteiger partial charge on any atom is -0.342 e. The average Bonchev–Trinajstić information content (AvgIpc) is 3.17. The zero-order chi connectivity index (χ0) is 19.1. The van der Waals surface area contributed by atoms with E-state index in [1.807, 2.05) is 4.90 Å². The molecule has 6 nitrogen and oxygen atoms in total. The molecule has 1 N–H and O–H groups in total. The first kappa shape index (κ1) is 18.3. The van der Waals surface area contributed by atoms with Crippen molar-refractivity contribution in [1.29, 1.82) is 0 Å². The lowest BCUT2D eigenvalue weighted by atomic mass is 9.84. The first-order chi connectivity index (χ1) is 13.7. The number of fused-ring (bicyclic) bond motifs is 1. The van der Waals surface area contributed by atoms with Crippen molar-refractivity contribution in [3.63, 3.8) is 0 Å². The molecule has 0 spiro atoms. The molecule has 2 aliphatic heterocycles. The van der Waals surface area contributed by atoms with Crippen LogP contribution in [0.3, 0.4) is 0 Å². The monoisotopic (exact) mass is 384 g/mol.